The predicted molar refractivity (Wildman–Crippen MR) is 73.5 cm³/mol. The van der Waals surface area contributed by atoms with Gasteiger partial charge in [-0.1, -0.05) is 24.3 Å². The lowest BCUT2D eigenvalue weighted by Crippen LogP contribution is -2.07. The molecule has 2 aromatic rings. The Morgan fingerprint density at radius 1 is 1.09 bits per heavy atom. The molecule has 114 valence electrons. The van der Waals surface area contributed by atoms with Gasteiger partial charge in [-0.3, -0.25) is 0 Å². The summed E-state index contributed by atoms with van der Waals surface area (Å²) in [6.07, 6.45) is -3.18. The third-order valence-corrected chi connectivity index (χ3v) is 2.95. The summed E-state index contributed by atoms with van der Waals surface area (Å²) in [5, 5.41) is 8.57. The molecule has 22 heavy (non-hydrogen) atoms. The van der Waals surface area contributed by atoms with E-state index in [2.05, 4.69) is 0 Å². The summed E-state index contributed by atoms with van der Waals surface area (Å²) < 4.78 is 52.5. The summed E-state index contributed by atoms with van der Waals surface area (Å²) in [5.74, 6) is -1.94. The largest absolute Gasteiger partial charge is 0.478 e. The summed E-state index contributed by atoms with van der Waals surface area (Å²) in [4.78, 5) is 10.5. The normalized spacial score (nSPS) is 11.8. The van der Waals surface area contributed by atoms with Crippen LogP contribution in [0.5, 0.6) is 0 Å². The molecule has 0 aliphatic heterocycles. The van der Waals surface area contributed by atoms with Gasteiger partial charge in [-0.15, -0.1) is 0 Å². The topological polar surface area (TPSA) is 37.3 Å². The summed E-state index contributed by atoms with van der Waals surface area (Å²) in [6, 6.07) is 8.72. The summed E-state index contributed by atoms with van der Waals surface area (Å²) in [5.41, 5.74) is -0.946. The Balaban J connectivity index is 2.59. The molecule has 0 atom stereocenters. The predicted octanol–water partition coefficient (Wildman–Crippen LogP) is 4.61. The highest BCUT2D eigenvalue weighted by Crippen LogP contribution is 2.35. The van der Waals surface area contributed by atoms with Gasteiger partial charge in [-0.05, 0) is 35.4 Å². The Kier molecular flexibility index (Phi) is 4.30. The number of carboxylic acid groups (broad SMARTS) is 1. The van der Waals surface area contributed by atoms with Crippen LogP contribution < -0.4 is 0 Å². The third-order valence-electron chi connectivity index (χ3n) is 2.95. The number of hydrogen-bond donors (Lipinski definition) is 1. The molecule has 2 nitrogen and oxygen atoms in total. The van der Waals surface area contributed by atoms with Gasteiger partial charge in [-0.2, -0.15) is 13.2 Å². The van der Waals surface area contributed by atoms with E-state index in [9.17, 15) is 22.4 Å². The Bertz CT molecular complexity index is 733. The Hall–Kier alpha value is -2.63. The van der Waals surface area contributed by atoms with Crippen molar-refractivity contribution in [2.75, 3.05) is 0 Å². The van der Waals surface area contributed by atoms with Gasteiger partial charge in [0.05, 0.1) is 5.56 Å². The van der Waals surface area contributed by atoms with Crippen LogP contribution in [0.1, 0.15) is 11.1 Å². The molecule has 0 radical (unpaired) electrons. The van der Waals surface area contributed by atoms with Crippen LogP contribution in [0.3, 0.4) is 0 Å². The minimum Gasteiger partial charge on any atom is -0.478 e. The van der Waals surface area contributed by atoms with Crippen LogP contribution in [0.4, 0.5) is 17.6 Å². The minimum atomic E-state index is -4.63. The first-order chi connectivity index (χ1) is 10.3. The second-order valence-corrected chi connectivity index (χ2v) is 4.45. The lowest BCUT2D eigenvalue weighted by molar-refractivity contribution is -0.138. The summed E-state index contributed by atoms with van der Waals surface area (Å²) >= 11 is 0. The summed E-state index contributed by atoms with van der Waals surface area (Å²) in [7, 11) is 0. The molecule has 0 aromatic heterocycles. The first-order valence-corrected chi connectivity index (χ1v) is 6.16. The molecule has 0 saturated carbocycles. The van der Waals surface area contributed by atoms with Gasteiger partial charge in [0.15, 0.2) is 0 Å². The van der Waals surface area contributed by atoms with E-state index in [0.29, 0.717) is 6.08 Å². The van der Waals surface area contributed by atoms with Crippen molar-refractivity contribution in [3.63, 3.8) is 0 Å². The lowest BCUT2D eigenvalue weighted by atomic mass is 9.98. The molecule has 2 aromatic carbocycles. The second-order valence-electron chi connectivity index (χ2n) is 4.45. The van der Waals surface area contributed by atoms with Gasteiger partial charge in [-0.25, -0.2) is 9.18 Å². The fourth-order valence-electron chi connectivity index (χ4n) is 1.98. The van der Waals surface area contributed by atoms with Crippen LogP contribution in [-0.4, -0.2) is 11.1 Å². The van der Waals surface area contributed by atoms with E-state index in [0.717, 1.165) is 24.3 Å². The number of carboxylic acids is 1. The zero-order valence-corrected chi connectivity index (χ0v) is 11.1. The van der Waals surface area contributed by atoms with Gasteiger partial charge in [0.1, 0.15) is 5.82 Å². The zero-order valence-electron chi connectivity index (χ0n) is 11.1. The second kappa shape index (κ2) is 6.01. The molecule has 0 aliphatic rings. The van der Waals surface area contributed by atoms with Crippen LogP contribution >= 0.6 is 0 Å². The first-order valence-electron chi connectivity index (χ1n) is 6.16. The minimum absolute atomic E-state index is 0.140. The van der Waals surface area contributed by atoms with Gasteiger partial charge in [0.2, 0.25) is 0 Å². The number of benzene rings is 2. The van der Waals surface area contributed by atoms with E-state index < -0.39 is 23.5 Å². The molecule has 2 rings (SSSR count). The van der Waals surface area contributed by atoms with E-state index >= 15 is 0 Å². The number of hydrogen-bond acceptors (Lipinski definition) is 1. The van der Waals surface area contributed by atoms with E-state index in [4.69, 9.17) is 5.11 Å². The van der Waals surface area contributed by atoms with E-state index in [-0.39, 0.29) is 16.7 Å². The van der Waals surface area contributed by atoms with Crippen molar-refractivity contribution in [2.24, 2.45) is 0 Å². The molecular formula is C16H10F4O2. The maximum atomic E-state index is 13.7. The standard InChI is InChI=1S/C16H10F4O2/c17-14-4-2-1-3-12(14)10-5-7-13(16(18,19)20)11(9-10)6-8-15(21)22/h1-9H,(H,21,22). The molecule has 0 spiro atoms. The average Bonchev–Trinajstić information content (AvgIpc) is 2.44. The van der Waals surface area contributed by atoms with Crippen LogP contribution in [0.2, 0.25) is 0 Å². The molecular weight excluding hydrogens is 300 g/mol. The number of carbonyl (C=O) groups is 1. The first kappa shape index (κ1) is 15.8. The van der Waals surface area contributed by atoms with Crippen molar-refractivity contribution in [1.82, 2.24) is 0 Å². The monoisotopic (exact) mass is 310 g/mol. The van der Waals surface area contributed by atoms with Crippen molar-refractivity contribution in [1.29, 1.82) is 0 Å². The highest BCUT2D eigenvalue weighted by Gasteiger charge is 2.32. The van der Waals surface area contributed by atoms with Crippen molar-refractivity contribution < 1.29 is 27.5 Å². The molecule has 1 N–H and O–H groups in total. The van der Waals surface area contributed by atoms with Crippen LogP contribution in [0.25, 0.3) is 17.2 Å². The molecule has 0 aliphatic carbocycles. The van der Waals surface area contributed by atoms with E-state index in [1.165, 1.54) is 18.2 Å². The molecule has 0 fully saturated rings. The maximum absolute atomic E-state index is 13.7. The third kappa shape index (κ3) is 3.52. The van der Waals surface area contributed by atoms with Crippen molar-refractivity contribution >= 4 is 12.0 Å². The zero-order chi connectivity index (χ0) is 16.3. The van der Waals surface area contributed by atoms with Crippen LogP contribution in [-0.2, 0) is 11.0 Å². The van der Waals surface area contributed by atoms with Crippen molar-refractivity contribution in [3.05, 3.63) is 65.5 Å². The van der Waals surface area contributed by atoms with Gasteiger partial charge < -0.3 is 5.11 Å². The maximum Gasteiger partial charge on any atom is 0.416 e. The Morgan fingerprint density at radius 2 is 1.77 bits per heavy atom. The van der Waals surface area contributed by atoms with E-state index in [1.807, 2.05) is 0 Å². The Labute approximate surface area is 123 Å². The molecule has 0 amide bonds. The average molecular weight is 310 g/mol. The molecule has 0 unspecified atom stereocenters. The lowest BCUT2D eigenvalue weighted by Gasteiger charge is -2.12. The number of aliphatic carboxylic acids is 1. The van der Waals surface area contributed by atoms with Crippen LogP contribution in [0.15, 0.2) is 48.5 Å². The van der Waals surface area contributed by atoms with Gasteiger partial charge in [0.25, 0.3) is 0 Å². The smallest absolute Gasteiger partial charge is 0.416 e. The van der Waals surface area contributed by atoms with Crippen molar-refractivity contribution in [3.8, 4) is 11.1 Å². The number of alkyl halides is 3. The molecule has 0 saturated heterocycles. The quantitative estimate of drug-likeness (QED) is 0.664. The molecule has 0 heterocycles. The van der Waals surface area contributed by atoms with Gasteiger partial charge in [0, 0.05) is 11.6 Å². The SMILES string of the molecule is O=C(O)C=Cc1cc(-c2ccccc2F)ccc1C(F)(F)F. The van der Waals surface area contributed by atoms with E-state index in [1.54, 1.807) is 6.07 Å². The number of rotatable bonds is 3. The van der Waals surface area contributed by atoms with Crippen molar-refractivity contribution in [2.45, 2.75) is 6.18 Å². The summed E-state index contributed by atoms with van der Waals surface area (Å²) in [6.45, 7) is 0. The highest BCUT2D eigenvalue weighted by molar-refractivity contribution is 5.86. The number of halogens is 4. The fraction of sp³-hybridized carbons (Fsp3) is 0.0625. The fourth-order valence-corrected chi connectivity index (χ4v) is 1.98. The van der Waals surface area contributed by atoms with Crippen LogP contribution in [0, 0.1) is 5.82 Å². The molecule has 6 heteroatoms. The highest BCUT2D eigenvalue weighted by atomic mass is 19.4. The van der Waals surface area contributed by atoms with Gasteiger partial charge >= 0.3 is 12.1 Å². The molecule has 0 bridgehead atoms. The Morgan fingerprint density at radius 3 is 2.36 bits per heavy atom.